The van der Waals surface area contributed by atoms with E-state index in [4.69, 9.17) is 4.74 Å². The van der Waals surface area contributed by atoms with Gasteiger partial charge in [0.2, 0.25) is 0 Å². The lowest BCUT2D eigenvalue weighted by Crippen LogP contribution is -2.30. The van der Waals surface area contributed by atoms with Crippen molar-refractivity contribution in [3.63, 3.8) is 0 Å². The van der Waals surface area contributed by atoms with E-state index in [2.05, 4.69) is 39.8 Å². The number of carbonyl (C=O) groups excluding carboxylic acids is 2. The number of aromatic amines is 1. The van der Waals surface area contributed by atoms with Gasteiger partial charge >= 0.3 is 5.97 Å². The van der Waals surface area contributed by atoms with Crippen LogP contribution in [0.5, 0.6) is 0 Å². The molecule has 2 N–H and O–H groups in total. The summed E-state index contributed by atoms with van der Waals surface area (Å²) < 4.78 is 5.15. The van der Waals surface area contributed by atoms with E-state index in [0.717, 1.165) is 11.9 Å². The highest BCUT2D eigenvalue weighted by Gasteiger charge is 2.17. The van der Waals surface area contributed by atoms with Crippen LogP contribution in [0, 0.1) is 0 Å². The first kappa shape index (κ1) is 20.3. The maximum Gasteiger partial charge on any atom is 0.359 e. The van der Waals surface area contributed by atoms with Crippen LogP contribution in [0.4, 0.5) is 0 Å². The number of amides is 1. The zero-order valence-electron chi connectivity index (χ0n) is 17.0. The van der Waals surface area contributed by atoms with Crippen molar-refractivity contribution in [2.45, 2.75) is 12.3 Å². The van der Waals surface area contributed by atoms with Gasteiger partial charge < -0.3 is 10.1 Å². The highest BCUT2D eigenvalue weighted by Crippen LogP contribution is 2.27. The smallest absolute Gasteiger partial charge is 0.359 e. The summed E-state index contributed by atoms with van der Waals surface area (Å²) in [6.07, 6.45) is 0.734. The van der Waals surface area contributed by atoms with E-state index in [9.17, 15) is 9.59 Å². The Bertz CT molecular complexity index is 1120. The van der Waals surface area contributed by atoms with Crippen LogP contribution < -0.4 is 5.32 Å². The average Bonchev–Trinajstić information content (AvgIpc) is 3.26. The molecule has 0 atom stereocenters. The molecule has 0 fully saturated rings. The Morgan fingerprint density at radius 1 is 0.871 bits per heavy atom. The number of fused-ring (bicyclic) bond motifs is 1. The van der Waals surface area contributed by atoms with Crippen LogP contribution >= 0.6 is 0 Å². The largest absolute Gasteiger partial charge is 0.451 e. The van der Waals surface area contributed by atoms with Crippen LogP contribution in [0.25, 0.3) is 10.9 Å². The minimum atomic E-state index is -0.626. The van der Waals surface area contributed by atoms with Crippen LogP contribution in [-0.4, -0.2) is 35.2 Å². The van der Waals surface area contributed by atoms with E-state index in [1.165, 1.54) is 11.1 Å². The van der Waals surface area contributed by atoms with Crippen molar-refractivity contribution in [3.05, 3.63) is 102 Å². The van der Waals surface area contributed by atoms with Crippen LogP contribution in [0.1, 0.15) is 34.0 Å². The highest BCUT2D eigenvalue weighted by molar-refractivity contribution is 6.02. The summed E-state index contributed by atoms with van der Waals surface area (Å²) in [4.78, 5) is 24.5. The third-order valence-electron chi connectivity index (χ3n) is 5.16. The Balaban J connectivity index is 1.31. The zero-order valence-corrected chi connectivity index (χ0v) is 17.0. The molecule has 1 aromatic heterocycles. The van der Waals surface area contributed by atoms with Gasteiger partial charge in [-0.15, -0.1) is 0 Å². The van der Waals surface area contributed by atoms with Gasteiger partial charge in [0.1, 0.15) is 0 Å². The first-order chi connectivity index (χ1) is 15.2. The van der Waals surface area contributed by atoms with Crippen LogP contribution in [-0.2, 0) is 9.53 Å². The molecule has 3 aromatic carbocycles. The molecule has 0 spiro atoms. The Morgan fingerprint density at radius 3 is 2.16 bits per heavy atom. The predicted molar refractivity (Wildman–Crippen MR) is 119 cm³/mol. The lowest BCUT2D eigenvalue weighted by atomic mass is 9.88. The minimum Gasteiger partial charge on any atom is -0.451 e. The number of esters is 1. The third kappa shape index (κ3) is 4.98. The van der Waals surface area contributed by atoms with Gasteiger partial charge in [-0.25, -0.2) is 4.79 Å². The Morgan fingerprint density at radius 2 is 1.48 bits per heavy atom. The molecule has 6 heteroatoms. The van der Waals surface area contributed by atoms with Gasteiger partial charge in [-0.3, -0.25) is 9.89 Å². The molecule has 156 valence electrons. The predicted octanol–water partition coefficient (Wildman–Crippen LogP) is 4.06. The van der Waals surface area contributed by atoms with E-state index in [0.29, 0.717) is 11.9 Å². The number of hydrogen-bond donors (Lipinski definition) is 2. The molecule has 0 aliphatic carbocycles. The maximum absolute atomic E-state index is 12.3. The SMILES string of the molecule is O=C(COC(=O)c1n[nH]c2ccccc12)NCCC(c1ccccc1)c1ccccc1. The zero-order chi connectivity index (χ0) is 21.5. The minimum absolute atomic E-state index is 0.167. The average molecular weight is 413 g/mol. The molecule has 4 aromatic rings. The number of H-pyrrole nitrogens is 1. The second kappa shape index (κ2) is 9.71. The number of rotatable bonds is 8. The Hall–Kier alpha value is -3.93. The Kier molecular flexibility index (Phi) is 6.38. The first-order valence-electron chi connectivity index (χ1n) is 10.2. The van der Waals surface area contributed by atoms with Crippen LogP contribution in [0.2, 0.25) is 0 Å². The van der Waals surface area contributed by atoms with Crippen molar-refractivity contribution in [3.8, 4) is 0 Å². The van der Waals surface area contributed by atoms with Crippen molar-refractivity contribution < 1.29 is 14.3 Å². The molecule has 6 nitrogen and oxygen atoms in total. The van der Waals surface area contributed by atoms with Crippen molar-refractivity contribution in [1.29, 1.82) is 0 Å². The second-order valence-electron chi connectivity index (χ2n) is 7.21. The summed E-state index contributed by atoms with van der Waals surface area (Å²) in [5, 5.41) is 10.3. The summed E-state index contributed by atoms with van der Waals surface area (Å²) >= 11 is 0. The molecule has 31 heavy (non-hydrogen) atoms. The van der Waals surface area contributed by atoms with Gasteiger partial charge in [0, 0.05) is 17.8 Å². The quantitative estimate of drug-likeness (QED) is 0.427. The molecule has 1 amide bonds. The number of aromatic nitrogens is 2. The summed E-state index contributed by atoms with van der Waals surface area (Å²) in [5.74, 6) is -0.798. The fourth-order valence-electron chi connectivity index (χ4n) is 3.62. The van der Waals surface area contributed by atoms with Crippen LogP contribution in [0.3, 0.4) is 0 Å². The van der Waals surface area contributed by atoms with Gasteiger partial charge in [-0.05, 0) is 23.6 Å². The number of nitrogens with zero attached hydrogens (tertiary/aromatic N) is 1. The summed E-state index contributed by atoms with van der Waals surface area (Å²) in [7, 11) is 0. The Labute approximate surface area is 180 Å². The molecule has 4 rings (SSSR count). The molecule has 0 saturated heterocycles. The van der Waals surface area contributed by atoms with Crippen molar-refractivity contribution >= 4 is 22.8 Å². The van der Waals surface area contributed by atoms with Gasteiger partial charge in [0.05, 0.1) is 5.52 Å². The second-order valence-corrected chi connectivity index (χ2v) is 7.21. The number of para-hydroxylation sites is 1. The first-order valence-corrected chi connectivity index (χ1v) is 10.2. The fraction of sp³-hybridized carbons (Fsp3) is 0.160. The molecular weight excluding hydrogens is 390 g/mol. The summed E-state index contributed by atoms with van der Waals surface area (Å²) in [6, 6.07) is 27.7. The standard InChI is InChI=1S/C25H23N3O3/c29-23(17-31-25(30)24-21-13-7-8-14-22(21)27-28-24)26-16-15-20(18-9-3-1-4-10-18)19-11-5-2-6-12-19/h1-14,20H,15-17H2,(H,26,29)(H,27,28). The van der Waals surface area contributed by atoms with Gasteiger partial charge in [0.25, 0.3) is 5.91 Å². The van der Waals surface area contributed by atoms with E-state index < -0.39 is 5.97 Å². The number of nitrogens with one attached hydrogen (secondary N) is 2. The number of carbonyl (C=O) groups is 2. The van der Waals surface area contributed by atoms with E-state index in [1.54, 1.807) is 6.07 Å². The summed E-state index contributed by atoms with van der Waals surface area (Å²) in [6.45, 7) is 0.123. The molecule has 0 saturated carbocycles. The molecule has 0 unspecified atom stereocenters. The molecule has 0 aliphatic rings. The lowest BCUT2D eigenvalue weighted by Gasteiger charge is -2.18. The number of hydrogen-bond acceptors (Lipinski definition) is 4. The maximum atomic E-state index is 12.3. The summed E-state index contributed by atoms with van der Waals surface area (Å²) in [5.41, 5.74) is 3.31. The molecule has 0 aliphatic heterocycles. The molecule has 0 radical (unpaired) electrons. The topological polar surface area (TPSA) is 84.1 Å². The normalized spacial score (nSPS) is 10.9. The van der Waals surface area contributed by atoms with Crippen molar-refractivity contribution in [1.82, 2.24) is 15.5 Å². The molecule has 1 heterocycles. The van der Waals surface area contributed by atoms with Crippen molar-refractivity contribution in [2.75, 3.05) is 13.2 Å². The van der Waals surface area contributed by atoms with Gasteiger partial charge in [-0.1, -0.05) is 78.9 Å². The third-order valence-corrected chi connectivity index (χ3v) is 5.16. The molecule has 0 bridgehead atoms. The monoisotopic (exact) mass is 413 g/mol. The number of benzene rings is 3. The van der Waals surface area contributed by atoms with Crippen LogP contribution in [0.15, 0.2) is 84.9 Å². The van der Waals surface area contributed by atoms with Crippen molar-refractivity contribution in [2.24, 2.45) is 0 Å². The van der Waals surface area contributed by atoms with E-state index in [-0.39, 0.29) is 24.1 Å². The van der Waals surface area contributed by atoms with Gasteiger partial charge in [-0.2, -0.15) is 5.10 Å². The van der Waals surface area contributed by atoms with E-state index in [1.807, 2.05) is 54.6 Å². The lowest BCUT2D eigenvalue weighted by molar-refractivity contribution is -0.124. The number of ether oxygens (including phenoxy) is 1. The highest BCUT2D eigenvalue weighted by atomic mass is 16.5. The fourth-order valence-corrected chi connectivity index (χ4v) is 3.62. The van der Waals surface area contributed by atoms with E-state index >= 15 is 0 Å². The van der Waals surface area contributed by atoms with Gasteiger partial charge in [0.15, 0.2) is 12.3 Å². The molecular formula is C25H23N3O3.